The van der Waals surface area contributed by atoms with Crippen molar-refractivity contribution in [1.82, 2.24) is 0 Å². The summed E-state index contributed by atoms with van der Waals surface area (Å²) in [6.07, 6.45) is -1.82. The van der Waals surface area contributed by atoms with Crippen LogP contribution in [0, 0.1) is 38.5 Å². The maximum Gasteiger partial charge on any atom is 0.273 e. The second kappa shape index (κ2) is 29.6. The number of halogens is 2. The number of rotatable bonds is 22. The molecule has 440 valence electrons. The molecule has 2 atom stereocenters. The Bertz CT molecular complexity index is 3510. The van der Waals surface area contributed by atoms with Gasteiger partial charge >= 0.3 is 0 Å². The van der Waals surface area contributed by atoms with Crippen molar-refractivity contribution in [2.24, 2.45) is 10.8 Å². The van der Waals surface area contributed by atoms with Crippen LogP contribution in [0.5, 0.6) is 28.7 Å². The van der Waals surface area contributed by atoms with Gasteiger partial charge in [-0.05, 0) is 141 Å². The molecule has 0 aromatic heterocycles. The van der Waals surface area contributed by atoms with Gasteiger partial charge < -0.3 is 44.4 Å². The molecular formula is C65H68Cl2N4O12S. The summed E-state index contributed by atoms with van der Waals surface area (Å²) in [6, 6.07) is 43.2. The van der Waals surface area contributed by atoms with Gasteiger partial charge in [0, 0.05) is 22.2 Å². The van der Waals surface area contributed by atoms with Gasteiger partial charge in [0.15, 0.2) is 19.0 Å². The van der Waals surface area contributed by atoms with Gasteiger partial charge in [-0.2, -0.15) is 0 Å². The zero-order chi connectivity index (χ0) is 61.3. The SMILES string of the molecule is Cc1ccc(OCC(=O)Nc2ccc(Cl)c(NC(=O)C(Oc3ccc(S(=O)Oc4ccc(OCc5ccccc5)cc4)cc3)C(=O)C(C)(C)C)c2)c(C)c1.Cc1ccc(OCC(=O)Nc2ccc(Cl)c(NC(=O)CC(=O)C(C)(C)C)c2)c(C)c1. The molecule has 7 aromatic carbocycles. The zero-order valence-corrected chi connectivity index (χ0v) is 50.7. The van der Waals surface area contributed by atoms with Crippen molar-refractivity contribution in [1.29, 1.82) is 0 Å². The van der Waals surface area contributed by atoms with Crippen molar-refractivity contribution < 1.29 is 56.1 Å². The van der Waals surface area contributed by atoms with Crippen molar-refractivity contribution in [3.63, 3.8) is 0 Å². The first-order valence-electron chi connectivity index (χ1n) is 26.6. The molecule has 0 aliphatic rings. The van der Waals surface area contributed by atoms with E-state index in [-0.39, 0.29) is 47.8 Å². The Morgan fingerprint density at radius 2 is 1.00 bits per heavy atom. The lowest BCUT2D eigenvalue weighted by Gasteiger charge is -2.25. The smallest absolute Gasteiger partial charge is 0.273 e. The summed E-state index contributed by atoms with van der Waals surface area (Å²) in [5.74, 6) is -0.234. The number of nitrogens with one attached hydrogen (secondary N) is 4. The molecule has 0 aliphatic carbocycles. The second-order valence-electron chi connectivity index (χ2n) is 21.6. The molecule has 16 nitrogen and oxygen atoms in total. The third-order valence-electron chi connectivity index (χ3n) is 12.3. The molecule has 0 heterocycles. The number of ketones is 2. The molecular weight excluding hydrogens is 1130 g/mol. The molecule has 0 aliphatic heterocycles. The van der Waals surface area contributed by atoms with E-state index in [0.29, 0.717) is 56.6 Å². The van der Waals surface area contributed by atoms with Crippen LogP contribution in [0.4, 0.5) is 22.7 Å². The van der Waals surface area contributed by atoms with Crippen LogP contribution in [0.3, 0.4) is 0 Å². The van der Waals surface area contributed by atoms with E-state index in [1.54, 1.807) is 90.1 Å². The van der Waals surface area contributed by atoms with Crippen molar-refractivity contribution in [2.75, 3.05) is 34.5 Å². The van der Waals surface area contributed by atoms with E-state index in [0.717, 1.165) is 27.8 Å². The number of carbonyl (C=O) groups excluding carboxylic acids is 6. The Morgan fingerprint density at radius 1 is 0.512 bits per heavy atom. The highest BCUT2D eigenvalue weighted by molar-refractivity contribution is 7.80. The highest BCUT2D eigenvalue weighted by Crippen LogP contribution is 2.31. The summed E-state index contributed by atoms with van der Waals surface area (Å²) in [6.45, 7) is 18.1. The molecule has 0 bridgehead atoms. The number of hydrogen-bond acceptors (Lipinski definition) is 12. The molecule has 7 aromatic rings. The second-order valence-corrected chi connectivity index (χ2v) is 23.6. The maximum absolute atomic E-state index is 13.6. The molecule has 4 amide bonds. The van der Waals surface area contributed by atoms with E-state index < -0.39 is 51.5 Å². The van der Waals surface area contributed by atoms with Crippen molar-refractivity contribution in [2.45, 2.75) is 93.3 Å². The number of Topliss-reactive ketones (excluding diaryl/α,β-unsaturated/α-hetero) is 2. The number of anilines is 4. The van der Waals surface area contributed by atoms with E-state index in [1.165, 1.54) is 42.5 Å². The molecule has 0 saturated carbocycles. The molecule has 0 fully saturated rings. The Morgan fingerprint density at radius 3 is 1.49 bits per heavy atom. The average molecular weight is 1200 g/mol. The monoisotopic (exact) mass is 1200 g/mol. The van der Waals surface area contributed by atoms with Gasteiger partial charge in [-0.3, -0.25) is 28.8 Å². The average Bonchev–Trinajstić information content (AvgIpc) is 3.57. The summed E-state index contributed by atoms with van der Waals surface area (Å²) in [4.78, 5) is 76.5. The Labute approximate surface area is 502 Å². The number of aryl methyl sites for hydroxylation is 4. The minimum absolute atomic E-state index is 0.156. The first-order valence-corrected chi connectivity index (χ1v) is 28.4. The predicted octanol–water partition coefficient (Wildman–Crippen LogP) is 13.6. The molecule has 84 heavy (non-hydrogen) atoms. The lowest BCUT2D eigenvalue weighted by molar-refractivity contribution is -0.140. The van der Waals surface area contributed by atoms with Gasteiger partial charge in [0.25, 0.3) is 17.7 Å². The van der Waals surface area contributed by atoms with Gasteiger partial charge in [0.05, 0.1) is 32.7 Å². The number of ether oxygens (including phenoxy) is 4. The Kier molecular flexibility index (Phi) is 22.8. The zero-order valence-electron chi connectivity index (χ0n) is 48.4. The fourth-order valence-electron chi connectivity index (χ4n) is 7.66. The quantitative estimate of drug-likeness (QED) is 0.0467. The van der Waals surface area contributed by atoms with Crippen LogP contribution in [-0.4, -0.2) is 58.7 Å². The minimum atomic E-state index is -1.87. The number of amides is 4. The highest BCUT2D eigenvalue weighted by Gasteiger charge is 2.37. The van der Waals surface area contributed by atoms with Crippen LogP contribution in [-0.2, 0) is 46.5 Å². The third-order valence-corrected chi connectivity index (χ3v) is 14.0. The Balaban J connectivity index is 0.000000319. The lowest BCUT2D eigenvalue weighted by Crippen LogP contribution is -2.45. The number of benzene rings is 7. The third kappa shape index (κ3) is 20.1. The Hall–Kier alpha value is -8.51. The lowest BCUT2D eigenvalue weighted by atomic mass is 9.87. The van der Waals surface area contributed by atoms with Crippen molar-refractivity contribution in [3.8, 4) is 28.7 Å². The van der Waals surface area contributed by atoms with Gasteiger partial charge in [0.1, 0.15) is 41.1 Å². The highest BCUT2D eigenvalue weighted by atomic mass is 35.5. The molecule has 0 spiro atoms. The van der Waals surface area contributed by atoms with Gasteiger partial charge in [0.2, 0.25) is 23.1 Å². The van der Waals surface area contributed by atoms with Crippen molar-refractivity contribution >= 4 is 92.2 Å². The fraction of sp³-hybridized carbons (Fsp3) is 0.262. The van der Waals surface area contributed by atoms with Crippen LogP contribution in [0.15, 0.2) is 157 Å². The molecule has 0 saturated heterocycles. The molecule has 4 N–H and O–H groups in total. The van der Waals surface area contributed by atoms with Gasteiger partial charge in [-0.1, -0.05) is 130 Å². The standard InChI is InChI=1S/C42H41ClN2O8S.C23H27ClN2O4/c1-27-11-22-37(28(2)23-27)51-26-38(46)44-30-12-21-35(43)36(24-30)45-41(48)39(40(47)42(3,4)5)52-32-17-19-34(20-18-32)54(49)53-33-15-13-31(14-16-33)50-25-29-9-7-6-8-10-29;1-14-6-9-19(15(2)10-14)30-13-22(29)25-16-7-8-17(24)18(11-16)26-21(28)12-20(27)23(3,4)5/h6-24,39H,25-26H2,1-5H3,(H,44,46)(H,45,48);6-11H,12-13H2,1-5H3,(H,25,29)(H,26,28). The maximum atomic E-state index is 13.6. The van der Waals surface area contributed by atoms with Crippen LogP contribution >= 0.6 is 23.2 Å². The van der Waals surface area contributed by atoms with E-state index >= 15 is 0 Å². The van der Waals surface area contributed by atoms with Gasteiger partial charge in [-0.15, -0.1) is 0 Å². The van der Waals surface area contributed by atoms with E-state index in [2.05, 4.69) is 21.3 Å². The summed E-state index contributed by atoms with van der Waals surface area (Å²) >= 11 is 10.7. The van der Waals surface area contributed by atoms with Gasteiger partial charge in [-0.25, -0.2) is 4.21 Å². The summed E-state index contributed by atoms with van der Waals surface area (Å²) < 4.78 is 41.6. The van der Waals surface area contributed by atoms with Crippen LogP contribution < -0.4 is 44.4 Å². The predicted molar refractivity (Wildman–Crippen MR) is 329 cm³/mol. The summed E-state index contributed by atoms with van der Waals surface area (Å²) in [5, 5.41) is 11.2. The topological polar surface area (TPSA) is 214 Å². The number of carbonyl (C=O) groups is 6. The van der Waals surface area contributed by atoms with Crippen LogP contribution in [0.25, 0.3) is 0 Å². The first-order chi connectivity index (χ1) is 39.7. The molecule has 7 rings (SSSR count). The number of hydrogen-bond donors (Lipinski definition) is 4. The fourth-order valence-corrected chi connectivity index (χ4v) is 8.73. The van der Waals surface area contributed by atoms with E-state index in [1.807, 2.05) is 88.4 Å². The molecule has 19 heteroatoms. The normalized spacial score (nSPS) is 11.8. The largest absolute Gasteiger partial charge is 0.489 e. The van der Waals surface area contributed by atoms with E-state index in [9.17, 15) is 33.0 Å². The first kappa shape index (κ1) is 64.7. The van der Waals surface area contributed by atoms with Crippen molar-refractivity contribution in [3.05, 3.63) is 190 Å². The summed E-state index contributed by atoms with van der Waals surface area (Å²) in [7, 11) is 0. The summed E-state index contributed by atoms with van der Waals surface area (Å²) in [5.41, 5.74) is 4.80. The molecule has 2 unspecified atom stereocenters. The van der Waals surface area contributed by atoms with Crippen LogP contribution in [0.2, 0.25) is 10.0 Å². The van der Waals surface area contributed by atoms with Crippen LogP contribution in [0.1, 0.15) is 75.8 Å². The van der Waals surface area contributed by atoms with E-state index in [4.69, 9.17) is 46.3 Å². The molecule has 0 radical (unpaired) electrons. The minimum Gasteiger partial charge on any atom is -0.489 e.